The van der Waals surface area contributed by atoms with E-state index < -0.39 is 0 Å². The van der Waals surface area contributed by atoms with Gasteiger partial charge in [-0.1, -0.05) is 12.8 Å². The lowest BCUT2D eigenvalue weighted by Gasteiger charge is -2.31. The van der Waals surface area contributed by atoms with E-state index >= 15 is 0 Å². The van der Waals surface area contributed by atoms with Gasteiger partial charge in [-0.15, -0.1) is 0 Å². The third-order valence-corrected chi connectivity index (χ3v) is 4.32. The number of aliphatic hydroxyl groups excluding tert-OH is 1. The lowest BCUT2D eigenvalue weighted by atomic mass is 9.79. The van der Waals surface area contributed by atoms with Crippen LogP contribution in [0, 0.1) is 11.8 Å². The summed E-state index contributed by atoms with van der Waals surface area (Å²) in [6, 6.07) is 0.529. The van der Waals surface area contributed by atoms with E-state index in [1.165, 1.54) is 25.7 Å². The zero-order valence-electron chi connectivity index (χ0n) is 10.3. The number of nitrogens with one attached hydrogen (secondary N) is 1. The molecule has 2 fully saturated rings. The predicted octanol–water partition coefficient (Wildman–Crippen LogP) is 1.55. The van der Waals surface area contributed by atoms with Crippen molar-refractivity contribution in [3.63, 3.8) is 0 Å². The van der Waals surface area contributed by atoms with Gasteiger partial charge in [0, 0.05) is 19.3 Å². The topological polar surface area (TPSA) is 41.5 Å². The number of rotatable bonds is 4. The molecule has 4 atom stereocenters. The molecule has 0 aromatic carbocycles. The van der Waals surface area contributed by atoms with Crippen molar-refractivity contribution in [3.8, 4) is 0 Å². The molecule has 2 aliphatic rings. The molecule has 0 spiro atoms. The zero-order valence-corrected chi connectivity index (χ0v) is 10.3. The first-order valence-corrected chi connectivity index (χ1v) is 6.77. The predicted molar refractivity (Wildman–Crippen MR) is 64.4 cm³/mol. The van der Waals surface area contributed by atoms with Gasteiger partial charge in [-0.3, -0.25) is 0 Å². The Morgan fingerprint density at radius 2 is 1.94 bits per heavy atom. The van der Waals surface area contributed by atoms with E-state index in [0.29, 0.717) is 30.6 Å². The van der Waals surface area contributed by atoms with Gasteiger partial charge >= 0.3 is 0 Å². The molecule has 4 unspecified atom stereocenters. The molecule has 1 aliphatic carbocycles. The third-order valence-electron chi connectivity index (χ3n) is 4.32. The Kier molecular flexibility index (Phi) is 4.62. The average molecular weight is 227 g/mol. The standard InChI is InChI=1S/C13H25NO2/c1-10-13(6-7-16-10)14-8-11-4-2-3-5-12(11)9-15/h10-15H,2-9H2,1H3. The number of hydrogen-bond acceptors (Lipinski definition) is 3. The van der Waals surface area contributed by atoms with Crippen LogP contribution in [0.15, 0.2) is 0 Å². The maximum absolute atomic E-state index is 9.35. The highest BCUT2D eigenvalue weighted by Crippen LogP contribution is 2.29. The largest absolute Gasteiger partial charge is 0.396 e. The van der Waals surface area contributed by atoms with Crippen LogP contribution in [0.1, 0.15) is 39.0 Å². The fourth-order valence-corrected chi connectivity index (χ4v) is 3.10. The zero-order chi connectivity index (χ0) is 11.4. The normalized spacial score (nSPS) is 40.1. The van der Waals surface area contributed by atoms with Crippen molar-refractivity contribution in [2.75, 3.05) is 19.8 Å². The minimum Gasteiger partial charge on any atom is -0.396 e. The van der Waals surface area contributed by atoms with Gasteiger partial charge in [0.15, 0.2) is 0 Å². The maximum atomic E-state index is 9.35. The van der Waals surface area contributed by atoms with Crippen LogP contribution in [0.2, 0.25) is 0 Å². The minimum absolute atomic E-state index is 0.358. The lowest BCUT2D eigenvalue weighted by molar-refractivity contribution is 0.104. The van der Waals surface area contributed by atoms with Gasteiger partial charge in [-0.25, -0.2) is 0 Å². The van der Waals surface area contributed by atoms with Gasteiger partial charge in [0.05, 0.1) is 6.10 Å². The summed E-state index contributed by atoms with van der Waals surface area (Å²) in [5.74, 6) is 1.20. The Morgan fingerprint density at radius 3 is 2.56 bits per heavy atom. The van der Waals surface area contributed by atoms with Gasteiger partial charge in [0.1, 0.15) is 0 Å². The van der Waals surface area contributed by atoms with Crippen LogP contribution in [0.3, 0.4) is 0 Å². The van der Waals surface area contributed by atoms with Gasteiger partial charge in [-0.05, 0) is 44.6 Å². The second-order valence-corrected chi connectivity index (χ2v) is 5.37. The van der Waals surface area contributed by atoms with E-state index in [2.05, 4.69) is 12.2 Å². The highest BCUT2D eigenvalue weighted by Gasteiger charge is 2.28. The van der Waals surface area contributed by atoms with E-state index in [1.807, 2.05) is 0 Å². The number of ether oxygens (including phenoxy) is 1. The van der Waals surface area contributed by atoms with Crippen LogP contribution >= 0.6 is 0 Å². The van der Waals surface area contributed by atoms with Crippen molar-refractivity contribution in [2.24, 2.45) is 11.8 Å². The summed E-state index contributed by atoms with van der Waals surface area (Å²) in [6.07, 6.45) is 6.61. The van der Waals surface area contributed by atoms with Crippen LogP contribution in [0.5, 0.6) is 0 Å². The summed E-state index contributed by atoms with van der Waals surface area (Å²) in [5.41, 5.74) is 0. The van der Waals surface area contributed by atoms with Gasteiger partial charge < -0.3 is 15.2 Å². The van der Waals surface area contributed by atoms with Crippen molar-refractivity contribution in [2.45, 2.75) is 51.2 Å². The van der Waals surface area contributed by atoms with Gasteiger partial charge in [0.25, 0.3) is 0 Å². The van der Waals surface area contributed by atoms with Crippen molar-refractivity contribution in [1.29, 1.82) is 0 Å². The van der Waals surface area contributed by atoms with Crippen molar-refractivity contribution < 1.29 is 9.84 Å². The molecule has 94 valence electrons. The SMILES string of the molecule is CC1OCCC1NCC1CCCCC1CO. The lowest BCUT2D eigenvalue weighted by Crippen LogP contribution is -2.40. The van der Waals surface area contributed by atoms with Gasteiger partial charge in [-0.2, -0.15) is 0 Å². The summed E-state index contributed by atoms with van der Waals surface area (Å²) in [7, 11) is 0. The maximum Gasteiger partial charge on any atom is 0.0700 e. The first-order chi connectivity index (χ1) is 7.81. The smallest absolute Gasteiger partial charge is 0.0700 e. The highest BCUT2D eigenvalue weighted by molar-refractivity contribution is 4.83. The third kappa shape index (κ3) is 2.96. The Labute approximate surface area is 98.6 Å². The molecule has 3 nitrogen and oxygen atoms in total. The Balaban J connectivity index is 1.75. The van der Waals surface area contributed by atoms with E-state index in [0.717, 1.165) is 19.6 Å². The molecule has 16 heavy (non-hydrogen) atoms. The molecule has 2 N–H and O–H groups in total. The second-order valence-electron chi connectivity index (χ2n) is 5.37. The van der Waals surface area contributed by atoms with Crippen LogP contribution in [-0.4, -0.2) is 37.0 Å². The molecule has 3 heteroatoms. The van der Waals surface area contributed by atoms with Crippen molar-refractivity contribution >= 4 is 0 Å². The first-order valence-electron chi connectivity index (χ1n) is 6.77. The molecule has 1 saturated heterocycles. The Morgan fingerprint density at radius 1 is 1.19 bits per heavy atom. The first kappa shape index (κ1) is 12.3. The molecular formula is C13H25NO2. The van der Waals surface area contributed by atoms with Crippen molar-refractivity contribution in [1.82, 2.24) is 5.32 Å². The molecule has 0 radical (unpaired) electrons. The van der Waals surface area contributed by atoms with Crippen LogP contribution in [0.4, 0.5) is 0 Å². The van der Waals surface area contributed by atoms with Crippen LogP contribution in [0.25, 0.3) is 0 Å². The second kappa shape index (κ2) is 5.99. The van der Waals surface area contributed by atoms with Crippen molar-refractivity contribution in [3.05, 3.63) is 0 Å². The van der Waals surface area contributed by atoms with Crippen LogP contribution < -0.4 is 5.32 Å². The fourth-order valence-electron chi connectivity index (χ4n) is 3.10. The summed E-state index contributed by atoms with van der Waals surface area (Å²) in [5, 5.41) is 13.0. The molecular weight excluding hydrogens is 202 g/mol. The Hall–Kier alpha value is -0.120. The van der Waals surface area contributed by atoms with E-state index in [9.17, 15) is 5.11 Å². The molecule has 1 heterocycles. The fraction of sp³-hybridized carbons (Fsp3) is 1.00. The molecule has 0 aromatic rings. The summed E-state index contributed by atoms with van der Waals surface area (Å²) < 4.78 is 5.55. The average Bonchev–Trinajstić information content (AvgIpc) is 2.72. The molecule has 2 rings (SSSR count). The van der Waals surface area contributed by atoms with E-state index in [4.69, 9.17) is 4.74 Å². The number of aliphatic hydroxyl groups is 1. The Bertz CT molecular complexity index is 210. The molecule has 1 saturated carbocycles. The molecule has 0 aromatic heterocycles. The van der Waals surface area contributed by atoms with Crippen LogP contribution in [-0.2, 0) is 4.74 Å². The monoisotopic (exact) mass is 227 g/mol. The quantitative estimate of drug-likeness (QED) is 0.765. The highest BCUT2D eigenvalue weighted by atomic mass is 16.5. The van der Waals surface area contributed by atoms with E-state index in [1.54, 1.807) is 0 Å². The summed E-state index contributed by atoms with van der Waals surface area (Å²) in [4.78, 5) is 0. The molecule has 0 bridgehead atoms. The summed E-state index contributed by atoms with van der Waals surface area (Å²) in [6.45, 7) is 4.47. The van der Waals surface area contributed by atoms with E-state index in [-0.39, 0.29) is 0 Å². The van der Waals surface area contributed by atoms with Gasteiger partial charge in [0.2, 0.25) is 0 Å². The molecule has 0 amide bonds. The minimum atomic E-state index is 0.358. The molecule has 1 aliphatic heterocycles. The number of hydrogen-bond donors (Lipinski definition) is 2. The summed E-state index contributed by atoms with van der Waals surface area (Å²) >= 11 is 0.